The maximum absolute atomic E-state index is 12.9. The van der Waals surface area contributed by atoms with Crippen molar-refractivity contribution in [2.75, 3.05) is 13.1 Å². The van der Waals surface area contributed by atoms with Crippen molar-refractivity contribution in [3.05, 3.63) is 60.3 Å². The summed E-state index contributed by atoms with van der Waals surface area (Å²) in [6.07, 6.45) is 7.97. The van der Waals surface area contributed by atoms with Crippen LogP contribution in [0.15, 0.2) is 64.6 Å². The molecule has 0 amide bonds. The fourth-order valence-electron chi connectivity index (χ4n) is 3.76. The number of hydrogen-bond donors (Lipinski definition) is 0. The second-order valence-corrected chi connectivity index (χ2v) is 9.22. The van der Waals surface area contributed by atoms with Crippen LogP contribution in [0, 0.1) is 0 Å². The number of nitrogens with zero attached hydrogens (tertiary/aromatic N) is 3. The van der Waals surface area contributed by atoms with Gasteiger partial charge in [-0.2, -0.15) is 4.31 Å². The third kappa shape index (κ3) is 3.75. The lowest BCUT2D eigenvalue weighted by atomic mass is 10.2. The van der Waals surface area contributed by atoms with E-state index in [2.05, 4.69) is 21.7 Å². The van der Waals surface area contributed by atoms with Gasteiger partial charge in [0.05, 0.1) is 10.6 Å². The van der Waals surface area contributed by atoms with Gasteiger partial charge in [-0.15, -0.1) is 0 Å². The number of para-hydroxylation sites is 1. The van der Waals surface area contributed by atoms with E-state index in [1.165, 1.54) is 0 Å². The van der Waals surface area contributed by atoms with Crippen molar-refractivity contribution in [2.45, 2.75) is 30.6 Å². The third-order valence-corrected chi connectivity index (χ3v) is 7.23. The molecule has 5 nitrogen and oxygen atoms in total. The van der Waals surface area contributed by atoms with E-state index in [-0.39, 0.29) is 0 Å². The molecule has 4 rings (SSSR count). The Morgan fingerprint density at radius 1 is 0.929 bits per heavy atom. The molecule has 0 bridgehead atoms. The minimum absolute atomic E-state index is 0.346. The molecule has 1 fully saturated rings. The number of sulfonamides is 1. The number of fused-ring (bicyclic) bond motifs is 1. The summed E-state index contributed by atoms with van der Waals surface area (Å²) in [5.74, 6) is 0. The first kappa shape index (κ1) is 18.9. The fourth-order valence-corrected chi connectivity index (χ4v) is 5.27. The zero-order valence-corrected chi connectivity index (χ0v) is 16.9. The van der Waals surface area contributed by atoms with Crippen LogP contribution in [-0.4, -0.2) is 36.6 Å². The van der Waals surface area contributed by atoms with E-state index in [1.807, 2.05) is 31.6 Å². The Morgan fingerprint density at radius 2 is 1.61 bits per heavy atom. The Morgan fingerprint density at radius 3 is 2.32 bits per heavy atom. The molecule has 0 spiro atoms. The molecular formula is C22H25N3O2S. The van der Waals surface area contributed by atoms with Crippen LogP contribution in [0.3, 0.4) is 0 Å². The summed E-state index contributed by atoms with van der Waals surface area (Å²) in [5.41, 5.74) is 2.94. The van der Waals surface area contributed by atoms with E-state index in [0.29, 0.717) is 18.0 Å². The van der Waals surface area contributed by atoms with Crippen molar-refractivity contribution < 1.29 is 8.42 Å². The second-order valence-electron chi connectivity index (χ2n) is 7.28. The number of aromatic nitrogens is 1. The molecule has 1 aliphatic rings. The quantitative estimate of drug-likeness (QED) is 0.611. The van der Waals surface area contributed by atoms with Crippen LogP contribution >= 0.6 is 0 Å². The van der Waals surface area contributed by atoms with Gasteiger partial charge in [-0.1, -0.05) is 31.0 Å². The van der Waals surface area contributed by atoms with Crippen molar-refractivity contribution in [2.24, 2.45) is 12.0 Å². The molecule has 1 aliphatic heterocycles. The lowest BCUT2D eigenvalue weighted by Gasteiger charge is -2.19. The second kappa shape index (κ2) is 7.89. The van der Waals surface area contributed by atoms with Gasteiger partial charge >= 0.3 is 0 Å². The van der Waals surface area contributed by atoms with Crippen molar-refractivity contribution in [3.8, 4) is 0 Å². The van der Waals surface area contributed by atoms with Gasteiger partial charge in [0.2, 0.25) is 10.0 Å². The van der Waals surface area contributed by atoms with Gasteiger partial charge in [0.25, 0.3) is 0 Å². The molecule has 0 saturated carbocycles. The SMILES string of the molecule is Cn1cc(C=Nc2ccc(S(=O)(=O)N3CCCCCC3)cc2)c2ccccc21. The Kier molecular flexibility index (Phi) is 5.33. The van der Waals surface area contributed by atoms with Crippen LogP contribution in [0.5, 0.6) is 0 Å². The van der Waals surface area contributed by atoms with E-state index in [1.54, 1.807) is 28.6 Å². The average molecular weight is 396 g/mol. The molecule has 3 aromatic rings. The zero-order chi connectivity index (χ0) is 19.6. The molecular weight excluding hydrogens is 370 g/mol. The van der Waals surface area contributed by atoms with Crippen molar-refractivity contribution in [1.29, 1.82) is 0 Å². The predicted molar refractivity (Wildman–Crippen MR) is 114 cm³/mol. The Labute approximate surface area is 166 Å². The lowest BCUT2D eigenvalue weighted by Crippen LogP contribution is -2.31. The number of hydrogen-bond acceptors (Lipinski definition) is 3. The molecule has 0 unspecified atom stereocenters. The monoisotopic (exact) mass is 395 g/mol. The van der Waals surface area contributed by atoms with E-state index in [9.17, 15) is 8.42 Å². The van der Waals surface area contributed by atoms with Gasteiger partial charge in [-0.25, -0.2) is 8.42 Å². The Balaban J connectivity index is 1.55. The van der Waals surface area contributed by atoms with Gasteiger partial charge in [-0.3, -0.25) is 4.99 Å². The smallest absolute Gasteiger partial charge is 0.243 e. The van der Waals surface area contributed by atoms with Crippen LogP contribution < -0.4 is 0 Å². The van der Waals surface area contributed by atoms with Crippen LogP contribution in [0.1, 0.15) is 31.2 Å². The highest BCUT2D eigenvalue weighted by atomic mass is 32.2. The first-order chi connectivity index (χ1) is 13.6. The summed E-state index contributed by atoms with van der Waals surface area (Å²) in [6, 6.07) is 15.1. The molecule has 28 heavy (non-hydrogen) atoms. The Bertz CT molecular complexity index is 1090. The van der Waals surface area contributed by atoms with E-state index < -0.39 is 10.0 Å². The topological polar surface area (TPSA) is 54.7 Å². The molecule has 2 aromatic carbocycles. The molecule has 0 aliphatic carbocycles. The summed E-state index contributed by atoms with van der Waals surface area (Å²) >= 11 is 0. The first-order valence-electron chi connectivity index (χ1n) is 9.74. The van der Waals surface area contributed by atoms with Crippen molar-refractivity contribution in [1.82, 2.24) is 8.87 Å². The number of aryl methyl sites for hydroxylation is 1. The molecule has 2 heterocycles. The van der Waals surface area contributed by atoms with E-state index in [4.69, 9.17) is 0 Å². The molecule has 0 N–H and O–H groups in total. The van der Waals surface area contributed by atoms with Crippen molar-refractivity contribution in [3.63, 3.8) is 0 Å². The van der Waals surface area contributed by atoms with Gasteiger partial charge in [0.15, 0.2) is 0 Å². The highest BCUT2D eigenvalue weighted by Gasteiger charge is 2.24. The molecule has 0 radical (unpaired) electrons. The van der Waals surface area contributed by atoms with Crippen LogP contribution in [0.4, 0.5) is 5.69 Å². The molecule has 0 atom stereocenters. The summed E-state index contributed by atoms with van der Waals surface area (Å²) in [7, 11) is -1.40. The molecule has 1 saturated heterocycles. The lowest BCUT2D eigenvalue weighted by molar-refractivity contribution is 0.424. The highest BCUT2D eigenvalue weighted by molar-refractivity contribution is 7.89. The van der Waals surface area contributed by atoms with Gasteiger partial charge in [0.1, 0.15) is 0 Å². The number of aliphatic imine (C=N–C) groups is 1. The molecule has 1 aromatic heterocycles. The van der Waals surface area contributed by atoms with Gasteiger partial charge in [-0.05, 0) is 43.2 Å². The largest absolute Gasteiger partial charge is 0.350 e. The van der Waals surface area contributed by atoms with Crippen LogP contribution in [0.25, 0.3) is 10.9 Å². The fraction of sp³-hybridized carbons (Fsp3) is 0.318. The van der Waals surface area contributed by atoms with E-state index in [0.717, 1.165) is 47.8 Å². The van der Waals surface area contributed by atoms with E-state index >= 15 is 0 Å². The summed E-state index contributed by atoms with van der Waals surface area (Å²) in [5, 5.41) is 1.15. The third-order valence-electron chi connectivity index (χ3n) is 5.32. The maximum Gasteiger partial charge on any atom is 0.243 e. The molecule has 146 valence electrons. The highest BCUT2D eigenvalue weighted by Crippen LogP contribution is 2.24. The minimum atomic E-state index is -3.42. The van der Waals surface area contributed by atoms with Gasteiger partial charge in [0, 0.05) is 49.0 Å². The average Bonchev–Trinajstić information content (AvgIpc) is 2.89. The zero-order valence-electron chi connectivity index (χ0n) is 16.1. The Hall–Kier alpha value is -2.44. The number of rotatable bonds is 4. The van der Waals surface area contributed by atoms with Crippen molar-refractivity contribution >= 4 is 32.8 Å². The summed E-state index contributed by atoms with van der Waals surface area (Å²) < 4.78 is 29.4. The maximum atomic E-state index is 12.9. The summed E-state index contributed by atoms with van der Waals surface area (Å²) in [6.45, 7) is 1.23. The van der Waals surface area contributed by atoms with Crippen LogP contribution in [0.2, 0.25) is 0 Å². The van der Waals surface area contributed by atoms with Crippen LogP contribution in [-0.2, 0) is 17.1 Å². The normalized spacial score (nSPS) is 16.6. The predicted octanol–water partition coefficient (Wildman–Crippen LogP) is 4.49. The first-order valence-corrected chi connectivity index (χ1v) is 11.2. The minimum Gasteiger partial charge on any atom is -0.350 e. The summed E-state index contributed by atoms with van der Waals surface area (Å²) in [4.78, 5) is 4.89. The standard InChI is InChI=1S/C22H25N3O2S/c1-24-17-18(21-8-4-5-9-22(21)24)16-23-19-10-12-20(13-11-19)28(26,27)25-14-6-2-3-7-15-25/h4-5,8-13,16-17H,2-3,6-7,14-15H2,1H3. The number of benzene rings is 2. The molecule has 6 heteroatoms. The van der Waals surface area contributed by atoms with Gasteiger partial charge < -0.3 is 4.57 Å².